The predicted molar refractivity (Wildman–Crippen MR) is 94.1 cm³/mol. The highest BCUT2D eigenvalue weighted by molar-refractivity contribution is 7.22. The third-order valence-corrected chi connectivity index (χ3v) is 5.14. The molecule has 0 N–H and O–H groups in total. The van der Waals surface area contributed by atoms with E-state index < -0.39 is 0 Å². The number of para-hydroxylation sites is 1. The monoisotopic (exact) mass is 342 g/mol. The summed E-state index contributed by atoms with van der Waals surface area (Å²) in [5.74, 6) is 0.627. The number of benzene rings is 1. The minimum atomic E-state index is 0.0687. The van der Waals surface area contributed by atoms with E-state index in [1.54, 1.807) is 30.8 Å². The summed E-state index contributed by atoms with van der Waals surface area (Å²) in [7, 11) is 1.59. The van der Waals surface area contributed by atoms with Crippen LogP contribution >= 0.6 is 11.3 Å². The first kappa shape index (κ1) is 15.1. The number of fused-ring (bicyclic) bond motifs is 1. The Hall–Kier alpha value is -2.41. The van der Waals surface area contributed by atoms with Crippen LogP contribution in [0.5, 0.6) is 11.8 Å². The van der Waals surface area contributed by atoms with Crippen LogP contribution in [0, 0.1) is 0 Å². The summed E-state index contributed by atoms with van der Waals surface area (Å²) in [5.41, 5.74) is 1.05. The molecule has 2 aromatic heterocycles. The van der Waals surface area contributed by atoms with Crippen LogP contribution in [0.2, 0.25) is 0 Å². The summed E-state index contributed by atoms with van der Waals surface area (Å²) in [6, 6.07) is 8.63. The van der Waals surface area contributed by atoms with Crippen LogP contribution in [0.4, 0.5) is 5.13 Å². The fourth-order valence-electron chi connectivity index (χ4n) is 2.82. The third-order valence-electron chi connectivity index (χ3n) is 4.04. The first-order chi connectivity index (χ1) is 11.8. The second kappa shape index (κ2) is 6.60. The predicted octanol–water partition coefficient (Wildman–Crippen LogP) is 3.14. The number of ether oxygens (including phenoxy) is 2. The second-order valence-corrected chi connectivity index (χ2v) is 6.71. The Balaban J connectivity index is 1.46. The molecular weight excluding hydrogens is 324 g/mol. The van der Waals surface area contributed by atoms with Crippen LogP contribution in [-0.2, 0) is 0 Å². The molecule has 0 amide bonds. The Morgan fingerprint density at radius 2 is 2.04 bits per heavy atom. The van der Waals surface area contributed by atoms with E-state index in [2.05, 4.69) is 27.0 Å². The van der Waals surface area contributed by atoms with Crippen molar-refractivity contribution in [3.63, 3.8) is 0 Å². The summed E-state index contributed by atoms with van der Waals surface area (Å²) in [6.07, 6.45) is 5.37. The zero-order valence-corrected chi connectivity index (χ0v) is 14.2. The molecule has 1 unspecified atom stereocenters. The SMILES string of the molecule is COc1cnc(OC2CCCN(c3nc4ccccc4s3)C2)nc1. The van der Waals surface area contributed by atoms with E-state index >= 15 is 0 Å². The molecule has 0 radical (unpaired) electrons. The van der Waals surface area contributed by atoms with Crippen molar-refractivity contribution >= 4 is 26.7 Å². The van der Waals surface area contributed by atoms with Gasteiger partial charge in [-0.2, -0.15) is 9.97 Å². The van der Waals surface area contributed by atoms with Crippen LogP contribution in [0.15, 0.2) is 36.7 Å². The van der Waals surface area contributed by atoms with Gasteiger partial charge in [-0.05, 0) is 25.0 Å². The summed E-state index contributed by atoms with van der Waals surface area (Å²) in [4.78, 5) is 15.4. The number of piperidine rings is 1. The molecule has 1 atom stereocenters. The number of nitrogens with zero attached hydrogens (tertiary/aromatic N) is 4. The lowest BCUT2D eigenvalue weighted by Crippen LogP contribution is -2.41. The average molecular weight is 342 g/mol. The molecule has 1 saturated heterocycles. The summed E-state index contributed by atoms with van der Waals surface area (Å²) < 4.78 is 12.2. The molecule has 1 aromatic carbocycles. The van der Waals surface area contributed by atoms with Crippen molar-refractivity contribution in [2.45, 2.75) is 18.9 Å². The van der Waals surface area contributed by atoms with Crippen LogP contribution in [-0.4, -0.2) is 41.3 Å². The molecule has 3 heterocycles. The summed E-state index contributed by atoms with van der Waals surface area (Å²) >= 11 is 1.73. The number of hydrogen-bond acceptors (Lipinski definition) is 7. The quantitative estimate of drug-likeness (QED) is 0.726. The molecule has 1 fully saturated rings. The van der Waals surface area contributed by atoms with Crippen molar-refractivity contribution < 1.29 is 9.47 Å². The molecule has 24 heavy (non-hydrogen) atoms. The number of methoxy groups -OCH3 is 1. The standard InChI is InChI=1S/C17H18N4O2S/c1-22-13-9-18-16(19-10-13)23-12-5-4-8-21(11-12)17-20-14-6-2-3-7-15(14)24-17/h2-3,6-7,9-10,12H,4-5,8,11H2,1H3. The number of thiazole rings is 1. The zero-order valence-electron chi connectivity index (χ0n) is 13.4. The van der Waals surface area contributed by atoms with Crippen molar-refractivity contribution in [1.29, 1.82) is 0 Å². The molecule has 1 aliphatic heterocycles. The number of aromatic nitrogens is 3. The Kier molecular flexibility index (Phi) is 4.17. The maximum absolute atomic E-state index is 5.94. The van der Waals surface area contributed by atoms with Crippen LogP contribution < -0.4 is 14.4 Å². The maximum Gasteiger partial charge on any atom is 0.316 e. The van der Waals surface area contributed by atoms with Gasteiger partial charge >= 0.3 is 6.01 Å². The molecule has 6 nitrogen and oxygen atoms in total. The van der Waals surface area contributed by atoms with Crippen LogP contribution in [0.1, 0.15) is 12.8 Å². The lowest BCUT2D eigenvalue weighted by Gasteiger charge is -2.32. The lowest BCUT2D eigenvalue weighted by atomic mass is 10.1. The van der Waals surface area contributed by atoms with E-state index in [1.165, 1.54) is 4.70 Å². The van der Waals surface area contributed by atoms with Gasteiger partial charge in [0.25, 0.3) is 0 Å². The van der Waals surface area contributed by atoms with Crippen molar-refractivity contribution in [1.82, 2.24) is 15.0 Å². The second-order valence-electron chi connectivity index (χ2n) is 5.70. The first-order valence-corrected chi connectivity index (χ1v) is 8.77. The molecule has 0 aliphatic carbocycles. The van der Waals surface area contributed by atoms with Gasteiger partial charge in [-0.3, -0.25) is 0 Å². The molecule has 124 valence electrons. The molecule has 0 saturated carbocycles. The normalized spacial score (nSPS) is 17.9. The van der Waals surface area contributed by atoms with Gasteiger partial charge in [0.05, 0.1) is 36.3 Å². The number of anilines is 1. The largest absolute Gasteiger partial charge is 0.494 e. The fraction of sp³-hybridized carbons (Fsp3) is 0.353. The maximum atomic E-state index is 5.94. The zero-order chi connectivity index (χ0) is 16.4. The molecule has 3 aromatic rings. The molecule has 1 aliphatic rings. The van der Waals surface area contributed by atoms with Gasteiger partial charge in [-0.15, -0.1) is 0 Å². The van der Waals surface area contributed by atoms with E-state index in [9.17, 15) is 0 Å². The Morgan fingerprint density at radius 3 is 2.83 bits per heavy atom. The Morgan fingerprint density at radius 1 is 1.21 bits per heavy atom. The number of hydrogen-bond donors (Lipinski definition) is 0. The summed E-state index contributed by atoms with van der Waals surface area (Å²) in [6.45, 7) is 1.80. The molecule has 4 rings (SSSR count). The third kappa shape index (κ3) is 3.12. The minimum absolute atomic E-state index is 0.0687. The van der Waals surface area contributed by atoms with Gasteiger partial charge < -0.3 is 14.4 Å². The highest BCUT2D eigenvalue weighted by Gasteiger charge is 2.24. The highest BCUT2D eigenvalue weighted by Crippen LogP contribution is 2.30. The smallest absolute Gasteiger partial charge is 0.316 e. The molecule has 0 bridgehead atoms. The molecule has 7 heteroatoms. The molecular formula is C17H18N4O2S. The van der Waals surface area contributed by atoms with E-state index in [0.29, 0.717) is 11.8 Å². The van der Waals surface area contributed by atoms with Crippen LogP contribution in [0.3, 0.4) is 0 Å². The lowest BCUT2D eigenvalue weighted by molar-refractivity contribution is 0.164. The van der Waals surface area contributed by atoms with Gasteiger partial charge in [0, 0.05) is 6.54 Å². The van der Waals surface area contributed by atoms with Gasteiger partial charge in [-0.1, -0.05) is 23.5 Å². The minimum Gasteiger partial charge on any atom is -0.494 e. The van der Waals surface area contributed by atoms with Gasteiger partial charge in [0.2, 0.25) is 0 Å². The topological polar surface area (TPSA) is 60.4 Å². The van der Waals surface area contributed by atoms with E-state index in [-0.39, 0.29) is 6.10 Å². The van der Waals surface area contributed by atoms with Gasteiger partial charge in [-0.25, -0.2) is 4.98 Å². The summed E-state index contributed by atoms with van der Waals surface area (Å²) in [5, 5.41) is 1.06. The van der Waals surface area contributed by atoms with E-state index in [4.69, 9.17) is 14.5 Å². The fourth-order valence-corrected chi connectivity index (χ4v) is 3.82. The average Bonchev–Trinajstić information content (AvgIpc) is 3.07. The first-order valence-electron chi connectivity index (χ1n) is 7.95. The van der Waals surface area contributed by atoms with Crippen molar-refractivity contribution in [3.05, 3.63) is 36.7 Å². The Labute approximate surface area is 144 Å². The van der Waals surface area contributed by atoms with Gasteiger partial charge in [0.1, 0.15) is 6.10 Å². The van der Waals surface area contributed by atoms with Crippen LogP contribution in [0.25, 0.3) is 10.2 Å². The van der Waals surface area contributed by atoms with Gasteiger partial charge in [0.15, 0.2) is 10.9 Å². The van der Waals surface area contributed by atoms with E-state index in [1.807, 2.05) is 12.1 Å². The number of rotatable bonds is 4. The van der Waals surface area contributed by atoms with Crippen molar-refractivity contribution in [3.8, 4) is 11.8 Å². The Bertz CT molecular complexity index is 788. The van der Waals surface area contributed by atoms with Crippen molar-refractivity contribution in [2.75, 3.05) is 25.1 Å². The molecule has 0 spiro atoms. The highest BCUT2D eigenvalue weighted by atomic mass is 32.1. The van der Waals surface area contributed by atoms with Crippen molar-refractivity contribution in [2.24, 2.45) is 0 Å². The van der Waals surface area contributed by atoms with E-state index in [0.717, 1.165) is 36.6 Å².